The summed E-state index contributed by atoms with van der Waals surface area (Å²) in [6.07, 6.45) is 0.423. The van der Waals surface area contributed by atoms with Crippen LogP contribution in [0.1, 0.15) is 35.1 Å². The second-order valence-electron chi connectivity index (χ2n) is 6.42. The Morgan fingerprint density at radius 3 is 2.80 bits per heavy atom. The van der Waals surface area contributed by atoms with Gasteiger partial charge in [0.2, 0.25) is 5.91 Å². The number of carbonyl (C=O) groups excluding carboxylic acids is 2. The van der Waals surface area contributed by atoms with Gasteiger partial charge in [0.25, 0.3) is 0 Å². The van der Waals surface area contributed by atoms with Crippen molar-refractivity contribution in [2.24, 2.45) is 5.92 Å². The van der Waals surface area contributed by atoms with Crippen molar-refractivity contribution in [3.63, 3.8) is 0 Å². The van der Waals surface area contributed by atoms with Gasteiger partial charge in [-0.15, -0.1) is 0 Å². The van der Waals surface area contributed by atoms with Crippen LogP contribution >= 0.6 is 0 Å². The number of likely N-dealkylation sites (tertiary alicyclic amines) is 1. The average Bonchev–Trinajstić information content (AvgIpc) is 3.16. The molecule has 0 radical (unpaired) electrons. The molecule has 3 rings (SSSR count). The summed E-state index contributed by atoms with van der Waals surface area (Å²) < 4.78 is 7.07. The van der Waals surface area contributed by atoms with Crippen molar-refractivity contribution in [1.29, 1.82) is 0 Å². The van der Waals surface area contributed by atoms with Crippen LogP contribution in [0.15, 0.2) is 36.4 Å². The number of carbonyl (C=O) groups is 2. The highest BCUT2D eigenvalue weighted by Crippen LogP contribution is 2.21. The average molecular weight is 341 g/mol. The van der Waals surface area contributed by atoms with Crippen LogP contribution in [0.4, 0.5) is 0 Å². The molecule has 1 fully saturated rings. The molecule has 1 aliphatic heterocycles. The number of esters is 1. The lowest BCUT2D eigenvalue weighted by Gasteiger charge is -2.16. The van der Waals surface area contributed by atoms with E-state index in [9.17, 15) is 9.59 Å². The fourth-order valence-corrected chi connectivity index (χ4v) is 3.14. The van der Waals surface area contributed by atoms with Crippen LogP contribution in [0, 0.1) is 12.8 Å². The second-order valence-corrected chi connectivity index (χ2v) is 6.42. The summed E-state index contributed by atoms with van der Waals surface area (Å²) in [5.74, 6) is -0.227. The zero-order chi connectivity index (χ0) is 17.8. The van der Waals surface area contributed by atoms with Gasteiger partial charge in [-0.3, -0.25) is 9.48 Å². The molecule has 2 heterocycles. The van der Waals surface area contributed by atoms with E-state index in [1.807, 2.05) is 49.1 Å². The van der Waals surface area contributed by atoms with Gasteiger partial charge >= 0.3 is 5.97 Å². The maximum atomic E-state index is 12.3. The van der Waals surface area contributed by atoms with Gasteiger partial charge in [0.05, 0.1) is 12.3 Å². The first kappa shape index (κ1) is 17.2. The lowest BCUT2D eigenvalue weighted by atomic mass is 10.1. The van der Waals surface area contributed by atoms with Crippen molar-refractivity contribution in [2.45, 2.75) is 33.4 Å². The number of nitrogens with zero attached hydrogens (tertiary/aromatic N) is 3. The van der Waals surface area contributed by atoms with Crippen LogP contribution in [0.2, 0.25) is 0 Å². The summed E-state index contributed by atoms with van der Waals surface area (Å²) in [5, 5.41) is 4.25. The molecule has 0 bridgehead atoms. The van der Waals surface area contributed by atoms with E-state index in [0.29, 0.717) is 31.7 Å². The first-order valence-corrected chi connectivity index (χ1v) is 8.60. The molecular formula is C19H23N3O3. The zero-order valence-electron chi connectivity index (χ0n) is 14.6. The molecule has 25 heavy (non-hydrogen) atoms. The van der Waals surface area contributed by atoms with Gasteiger partial charge in [0.15, 0.2) is 0 Å². The van der Waals surface area contributed by atoms with Crippen molar-refractivity contribution < 1.29 is 14.3 Å². The Hall–Kier alpha value is -2.63. The maximum Gasteiger partial charge on any atom is 0.356 e. The summed E-state index contributed by atoms with van der Waals surface area (Å²) in [4.78, 5) is 26.3. The summed E-state index contributed by atoms with van der Waals surface area (Å²) in [5.41, 5.74) is 2.36. The van der Waals surface area contributed by atoms with Crippen molar-refractivity contribution >= 4 is 11.9 Å². The molecule has 1 saturated heterocycles. The maximum absolute atomic E-state index is 12.3. The molecule has 1 unspecified atom stereocenters. The first-order chi connectivity index (χ1) is 12.1. The van der Waals surface area contributed by atoms with Crippen LogP contribution in [0.3, 0.4) is 0 Å². The predicted octanol–water partition coefficient (Wildman–Crippen LogP) is 2.42. The summed E-state index contributed by atoms with van der Waals surface area (Å²) >= 11 is 0. The van der Waals surface area contributed by atoms with Crippen LogP contribution in [0.5, 0.6) is 0 Å². The zero-order valence-corrected chi connectivity index (χ0v) is 14.6. The molecule has 1 aromatic carbocycles. The lowest BCUT2D eigenvalue weighted by Crippen LogP contribution is -2.25. The molecule has 6 nitrogen and oxygen atoms in total. The Morgan fingerprint density at radius 1 is 1.32 bits per heavy atom. The van der Waals surface area contributed by atoms with E-state index >= 15 is 0 Å². The Bertz CT molecular complexity index is 755. The fourth-order valence-electron chi connectivity index (χ4n) is 3.14. The molecule has 0 N–H and O–H groups in total. The molecule has 1 amide bonds. The van der Waals surface area contributed by atoms with E-state index < -0.39 is 0 Å². The van der Waals surface area contributed by atoms with Gasteiger partial charge in [-0.25, -0.2) is 4.79 Å². The predicted molar refractivity (Wildman–Crippen MR) is 92.9 cm³/mol. The van der Waals surface area contributed by atoms with Gasteiger partial charge in [-0.05, 0) is 25.5 Å². The number of hydrogen-bond acceptors (Lipinski definition) is 4. The summed E-state index contributed by atoms with van der Waals surface area (Å²) in [6.45, 7) is 5.87. The Morgan fingerprint density at radius 2 is 2.08 bits per heavy atom. The van der Waals surface area contributed by atoms with Crippen LogP contribution < -0.4 is 0 Å². The molecule has 1 aromatic heterocycles. The smallest absolute Gasteiger partial charge is 0.356 e. The van der Waals surface area contributed by atoms with Crippen LogP contribution in [0.25, 0.3) is 0 Å². The quantitative estimate of drug-likeness (QED) is 0.757. The molecule has 1 atom stereocenters. The second kappa shape index (κ2) is 7.51. The largest absolute Gasteiger partial charge is 0.461 e. The highest BCUT2D eigenvalue weighted by Gasteiger charge is 2.30. The van der Waals surface area contributed by atoms with E-state index in [1.54, 1.807) is 10.7 Å². The number of aromatic nitrogens is 2. The minimum atomic E-state index is -0.378. The van der Waals surface area contributed by atoms with E-state index in [0.717, 1.165) is 11.3 Å². The minimum Gasteiger partial charge on any atom is -0.461 e. The van der Waals surface area contributed by atoms with E-state index in [2.05, 4.69) is 5.10 Å². The van der Waals surface area contributed by atoms with Gasteiger partial charge in [-0.1, -0.05) is 30.3 Å². The minimum absolute atomic E-state index is 0.0410. The Labute approximate surface area is 147 Å². The fraction of sp³-hybridized carbons (Fsp3) is 0.421. The van der Waals surface area contributed by atoms with Crippen LogP contribution in [-0.2, 0) is 22.6 Å². The summed E-state index contributed by atoms with van der Waals surface area (Å²) in [6, 6.07) is 11.6. The molecule has 0 saturated carbocycles. The van der Waals surface area contributed by atoms with Crippen molar-refractivity contribution in [3.05, 3.63) is 53.3 Å². The number of aryl methyl sites for hydroxylation is 2. The van der Waals surface area contributed by atoms with Crippen molar-refractivity contribution in [3.8, 4) is 0 Å². The van der Waals surface area contributed by atoms with Gasteiger partial charge in [0, 0.05) is 32.0 Å². The highest BCUT2D eigenvalue weighted by molar-refractivity contribution is 5.87. The molecular weight excluding hydrogens is 318 g/mol. The van der Waals surface area contributed by atoms with Gasteiger partial charge in [-0.2, -0.15) is 5.10 Å². The number of benzene rings is 1. The lowest BCUT2D eigenvalue weighted by molar-refractivity contribution is -0.128. The SMILES string of the molecule is CCn1nc(C)cc1C(=O)OCC1CC(=O)N(Cc2ccccc2)C1. The number of ether oxygens (including phenoxy) is 1. The molecule has 6 heteroatoms. The summed E-state index contributed by atoms with van der Waals surface area (Å²) in [7, 11) is 0. The molecule has 1 aliphatic rings. The third kappa shape index (κ3) is 4.07. The molecule has 0 aliphatic carbocycles. The Kier molecular flexibility index (Phi) is 5.16. The van der Waals surface area contributed by atoms with Gasteiger partial charge < -0.3 is 9.64 Å². The normalized spacial score (nSPS) is 17.1. The van der Waals surface area contributed by atoms with E-state index in [4.69, 9.17) is 4.74 Å². The number of hydrogen-bond donors (Lipinski definition) is 0. The molecule has 0 spiro atoms. The topological polar surface area (TPSA) is 64.4 Å². The van der Waals surface area contributed by atoms with Crippen molar-refractivity contribution in [2.75, 3.05) is 13.2 Å². The molecule has 2 aromatic rings. The van der Waals surface area contributed by atoms with E-state index in [1.165, 1.54) is 0 Å². The standard InChI is InChI=1S/C19H23N3O3/c1-3-22-17(9-14(2)20-22)19(24)25-13-16-10-18(23)21(12-16)11-15-7-5-4-6-8-15/h4-9,16H,3,10-13H2,1-2H3. The third-order valence-corrected chi connectivity index (χ3v) is 4.37. The molecule has 132 valence electrons. The van der Waals surface area contributed by atoms with Crippen LogP contribution in [-0.4, -0.2) is 39.7 Å². The first-order valence-electron chi connectivity index (χ1n) is 8.60. The Balaban J connectivity index is 1.54. The third-order valence-electron chi connectivity index (χ3n) is 4.37. The monoisotopic (exact) mass is 341 g/mol. The van der Waals surface area contributed by atoms with Gasteiger partial charge in [0.1, 0.15) is 5.69 Å². The van der Waals surface area contributed by atoms with E-state index in [-0.39, 0.29) is 24.4 Å². The number of rotatable bonds is 6. The van der Waals surface area contributed by atoms with Crippen molar-refractivity contribution in [1.82, 2.24) is 14.7 Å². The number of amides is 1. The highest BCUT2D eigenvalue weighted by atomic mass is 16.5.